The Kier molecular flexibility index (Phi) is 45.8. The summed E-state index contributed by atoms with van der Waals surface area (Å²) in [4.78, 5) is 14.2. The van der Waals surface area contributed by atoms with Crippen LogP contribution in [0.2, 0.25) is 0 Å². The lowest BCUT2D eigenvalue weighted by molar-refractivity contribution is -0.143. The number of rotatable bonds is 38. The normalized spacial score (nSPS) is 12.3. The van der Waals surface area contributed by atoms with Crippen molar-refractivity contribution in [2.24, 2.45) is 5.92 Å². The van der Waals surface area contributed by atoms with Gasteiger partial charge in [0, 0.05) is 13.0 Å². The van der Waals surface area contributed by atoms with Crippen LogP contribution < -0.4 is 0 Å². The number of allylic oxidation sites excluding steroid dienone is 4. The maximum absolute atomic E-state index is 11.8. The molecule has 5 heteroatoms. The summed E-state index contributed by atoms with van der Waals surface area (Å²) < 4.78 is 5.35. The zero-order valence-corrected chi connectivity index (χ0v) is 35.2. The van der Waals surface area contributed by atoms with E-state index in [1.54, 1.807) is 0 Å². The second kappa shape index (κ2) is 45.0. The Balaban J connectivity index is 0. The van der Waals surface area contributed by atoms with Crippen molar-refractivity contribution >= 4 is 5.97 Å². The number of ether oxygens (including phenoxy) is 1. The van der Waals surface area contributed by atoms with Gasteiger partial charge in [0.2, 0.25) is 0 Å². The van der Waals surface area contributed by atoms with Gasteiger partial charge in [-0.25, -0.2) is 0 Å². The number of unbranched alkanes of at least 4 members (excludes halogenated alkanes) is 18. The smallest absolute Gasteiger partial charge is 0.305 e. The Labute approximate surface area is 319 Å². The second-order valence-electron chi connectivity index (χ2n) is 15.3. The Hall–Kier alpha value is -1.17. The molecule has 1 unspecified atom stereocenters. The molecule has 0 bridgehead atoms. The minimum Gasteiger partial charge on any atom is -0.466 e. The van der Waals surface area contributed by atoms with E-state index in [0.29, 0.717) is 13.0 Å². The highest BCUT2D eigenvalue weighted by Crippen LogP contribution is 2.14. The van der Waals surface area contributed by atoms with Gasteiger partial charge in [0.05, 0.1) is 19.3 Å². The topological polar surface area (TPSA) is 70.0 Å². The number of aliphatic hydroxyl groups is 2. The summed E-state index contributed by atoms with van der Waals surface area (Å²) in [5.41, 5.74) is 0. The monoisotopic (exact) mass is 722 g/mol. The summed E-state index contributed by atoms with van der Waals surface area (Å²) in [6.07, 6.45) is 44.1. The minimum absolute atomic E-state index is 0.0269. The van der Waals surface area contributed by atoms with E-state index in [-0.39, 0.29) is 18.7 Å². The standard InChI is InChI=1S/C28H57NO4.C18H34/c1-3-4-5-6-7-14-19-26-33-28(32)21-16-11-9-13-18-23-29(24-25-30)22-17-12-8-10-15-20-27(2)31;1-4-6-8-10-12-14-16-18(3)17-15-13-11-9-7-5-2/h27,30-31H,3-26H2,1-2H3;10-13,18H,4-9,14-17H2,1-3H3/b;12-10-,13-11-. The first-order valence-electron chi connectivity index (χ1n) is 22.4. The molecule has 0 radical (unpaired) electrons. The molecule has 0 aliphatic rings. The SMILES string of the molecule is CCCC/C=C\CCC(C)CC/C=C\CCCC.CCCCCCCCCOC(=O)CCCCCCCN(CCO)CCCCCCCC(C)O. The van der Waals surface area contributed by atoms with Crippen LogP contribution in [0.1, 0.15) is 221 Å². The molecule has 0 amide bonds. The largest absolute Gasteiger partial charge is 0.466 e. The second-order valence-corrected chi connectivity index (χ2v) is 15.3. The Bertz CT molecular complexity index is 700. The lowest BCUT2D eigenvalue weighted by Gasteiger charge is -2.21. The Morgan fingerprint density at radius 1 is 0.549 bits per heavy atom. The highest BCUT2D eigenvalue weighted by molar-refractivity contribution is 5.69. The van der Waals surface area contributed by atoms with E-state index in [1.807, 2.05) is 6.92 Å². The molecule has 0 rings (SSSR count). The average molecular weight is 722 g/mol. The number of esters is 1. The molecule has 2 N–H and O–H groups in total. The third kappa shape index (κ3) is 46.8. The predicted molar refractivity (Wildman–Crippen MR) is 225 cm³/mol. The van der Waals surface area contributed by atoms with Gasteiger partial charge in [-0.2, -0.15) is 0 Å². The van der Waals surface area contributed by atoms with E-state index < -0.39 is 0 Å². The molecular formula is C46H91NO4. The van der Waals surface area contributed by atoms with E-state index in [0.717, 1.165) is 64.1 Å². The molecule has 0 aromatic heterocycles. The van der Waals surface area contributed by atoms with Gasteiger partial charge in [0.25, 0.3) is 0 Å². The van der Waals surface area contributed by atoms with E-state index >= 15 is 0 Å². The molecule has 5 nitrogen and oxygen atoms in total. The molecule has 1 atom stereocenters. The van der Waals surface area contributed by atoms with Crippen LogP contribution in [0, 0.1) is 5.92 Å². The minimum atomic E-state index is -0.168. The third-order valence-corrected chi connectivity index (χ3v) is 9.81. The average Bonchev–Trinajstić information content (AvgIpc) is 3.11. The molecule has 0 aliphatic heterocycles. The zero-order valence-electron chi connectivity index (χ0n) is 35.2. The van der Waals surface area contributed by atoms with Gasteiger partial charge in [-0.1, -0.05) is 161 Å². The van der Waals surface area contributed by atoms with Crippen molar-refractivity contribution in [1.29, 1.82) is 0 Å². The van der Waals surface area contributed by atoms with Crippen LogP contribution in [0.5, 0.6) is 0 Å². The zero-order chi connectivity index (χ0) is 37.9. The van der Waals surface area contributed by atoms with Crippen LogP contribution in [-0.2, 0) is 9.53 Å². The number of hydrogen-bond acceptors (Lipinski definition) is 5. The van der Waals surface area contributed by atoms with Crippen LogP contribution in [0.4, 0.5) is 0 Å². The highest BCUT2D eigenvalue weighted by atomic mass is 16.5. The summed E-state index contributed by atoms with van der Waals surface area (Å²) in [5, 5.41) is 18.6. The van der Waals surface area contributed by atoms with Crippen LogP contribution >= 0.6 is 0 Å². The first-order chi connectivity index (χ1) is 24.9. The van der Waals surface area contributed by atoms with Crippen LogP contribution in [0.15, 0.2) is 24.3 Å². The number of hydrogen-bond donors (Lipinski definition) is 2. The maximum atomic E-state index is 11.8. The number of carbonyl (C=O) groups excluding carboxylic acids is 1. The van der Waals surface area contributed by atoms with Crippen molar-refractivity contribution in [2.45, 2.75) is 227 Å². The summed E-state index contributed by atoms with van der Waals surface area (Å²) in [6, 6.07) is 0. The lowest BCUT2D eigenvalue weighted by atomic mass is 9.99. The molecule has 0 saturated carbocycles. The fraction of sp³-hybridized carbons (Fsp3) is 0.891. The molecule has 0 heterocycles. The van der Waals surface area contributed by atoms with Gasteiger partial charge in [-0.05, 0) is 96.6 Å². The first kappa shape index (κ1) is 51.9. The Morgan fingerprint density at radius 2 is 1.00 bits per heavy atom. The number of aliphatic hydroxyl groups excluding tert-OH is 2. The summed E-state index contributed by atoms with van der Waals surface area (Å²) >= 11 is 0. The van der Waals surface area contributed by atoms with E-state index in [4.69, 9.17) is 4.74 Å². The molecular weight excluding hydrogens is 631 g/mol. The summed E-state index contributed by atoms with van der Waals surface area (Å²) in [6.45, 7) is 14.7. The van der Waals surface area contributed by atoms with E-state index in [2.05, 4.69) is 56.9 Å². The van der Waals surface area contributed by atoms with Crippen molar-refractivity contribution in [2.75, 3.05) is 32.8 Å². The van der Waals surface area contributed by atoms with E-state index in [9.17, 15) is 15.0 Å². The maximum Gasteiger partial charge on any atom is 0.305 e. The summed E-state index contributed by atoms with van der Waals surface area (Å²) in [7, 11) is 0. The third-order valence-electron chi connectivity index (χ3n) is 9.81. The van der Waals surface area contributed by atoms with Gasteiger partial charge < -0.3 is 19.8 Å². The lowest BCUT2D eigenvalue weighted by Crippen LogP contribution is -2.29. The summed E-state index contributed by atoms with van der Waals surface area (Å²) in [5.74, 6) is 0.845. The number of nitrogens with zero attached hydrogens (tertiary/aromatic N) is 1. The first-order valence-corrected chi connectivity index (χ1v) is 22.4. The van der Waals surface area contributed by atoms with Crippen LogP contribution in [0.25, 0.3) is 0 Å². The molecule has 304 valence electrons. The highest BCUT2D eigenvalue weighted by Gasteiger charge is 2.06. The number of carbonyl (C=O) groups is 1. The Morgan fingerprint density at radius 3 is 1.51 bits per heavy atom. The van der Waals surface area contributed by atoms with Gasteiger partial charge in [0.1, 0.15) is 0 Å². The van der Waals surface area contributed by atoms with Crippen molar-refractivity contribution in [3.63, 3.8) is 0 Å². The van der Waals surface area contributed by atoms with Crippen molar-refractivity contribution in [1.82, 2.24) is 4.90 Å². The fourth-order valence-electron chi connectivity index (χ4n) is 6.26. The van der Waals surface area contributed by atoms with Crippen molar-refractivity contribution < 1.29 is 19.7 Å². The van der Waals surface area contributed by atoms with Crippen molar-refractivity contribution in [3.8, 4) is 0 Å². The van der Waals surface area contributed by atoms with Crippen molar-refractivity contribution in [3.05, 3.63) is 24.3 Å². The molecule has 0 aromatic carbocycles. The van der Waals surface area contributed by atoms with Gasteiger partial charge >= 0.3 is 5.97 Å². The van der Waals surface area contributed by atoms with Gasteiger partial charge in [-0.3, -0.25) is 4.79 Å². The molecule has 0 saturated heterocycles. The molecule has 0 aliphatic carbocycles. The van der Waals surface area contributed by atoms with Crippen LogP contribution in [-0.4, -0.2) is 60.0 Å². The van der Waals surface area contributed by atoms with Gasteiger partial charge in [0.15, 0.2) is 0 Å². The quantitative estimate of drug-likeness (QED) is 0.0377. The van der Waals surface area contributed by atoms with Gasteiger partial charge in [-0.15, -0.1) is 0 Å². The molecule has 51 heavy (non-hydrogen) atoms. The molecule has 0 fully saturated rings. The fourth-order valence-corrected chi connectivity index (χ4v) is 6.26. The van der Waals surface area contributed by atoms with E-state index in [1.165, 1.54) is 141 Å². The molecule has 0 spiro atoms. The molecule has 0 aromatic rings. The predicted octanol–water partition coefficient (Wildman–Crippen LogP) is 13.3. The van der Waals surface area contributed by atoms with Crippen LogP contribution in [0.3, 0.4) is 0 Å².